The van der Waals surface area contributed by atoms with Gasteiger partial charge in [0.15, 0.2) is 0 Å². The van der Waals surface area contributed by atoms with Crippen molar-refractivity contribution in [1.82, 2.24) is 15.6 Å². The molecular weight excluding hydrogens is 309 g/mol. The highest BCUT2D eigenvalue weighted by Gasteiger charge is 2.18. The molecule has 0 radical (unpaired) electrons. The van der Waals surface area contributed by atoms with Gasteiger partial charge in [-0.1, -0.05) is 18.2 Å². The number of aromatic nitrogens is 1. The predicted octanol–water partition coefficient (Wildman–Crippen LogP) is 2.34. The van der Waals surface area contributed by atoms with Crippen LogP contribution < -0.4 is 10.6 Å². The summed E-state index contributed by atoms with van der Waals surface area (Å²) in [6, 6.07) is 9.69. The minimum Gasteiger partial charge on any atom is -0.352 e. The van der Waals surface area contributed by atoms with Crippen molar-refractivity contribution >= 4 is 41.6 Å². The summed E-state index contributed by atoms with van der Waals surface area (Å²) < 4.78 is 0. The van der Waals surface area contributed by atoms with Gasteiger partial charge in [-0.15, -0.1) is 24.8 Å². The number of hydrogen-bond acceptors (Lipinski definition) is 3. The molecule has 21 heavy (non-hydrogen) atoms. The van der Waals surface area contributed by atoms with Crippen LogP contribution in [-0.4, -0.2) is 30.5 Å². The molecule has 6 heteroatoms. The van der Waals surface area contributed by atoms with E-state index in [1.165, 1.54) is 0 Å². The Kier molecular flexibility index (Phi) is 6.40. The van der Waals surface area contributed by atoms with Crippen molar-refractivity contribution in [2.45, 2.75) is 6.92 Å². The third-order valence-corrected chi connectivity index (χ3v) is 3.52. The van der Waals surface area contributed by atoms with E-state index in [1.54, 1.807) is 0 Å². The summed E-state index contributed by atoms with van der Waals surface area (Å²) in [5.74, 6) is 0.532. The minimum absolute atomic E-state index is 0. The predicted molar refractivity (Wildman–Crippen MR) is 89.7 cm³/mol. The fourth-order valence-electron chi connectivity index (χ4n) is 2.25. The monoisotopic (exact) mass is 327 g/mol. The number of benzene rings is 1. The number of hydrogen-bond donors (Lipinski definition) is 2. The maximum Gasteiger partial charge on any atom is 0.253 e. The first-order valence-corrected chi connectivity index (χ1v) is 6.59. The van der Waals surface area contributed by atoms with Gasteiger partial charge in [-0.2, -0.15) is 0 Å². The number of aryl methyl sites for hydroxylation is 1. The number of carbonyl (C=O) groups excluding carboxylic acids is 1. The van der Waals surface area contributed by atoms with Crippen LogP contribution in [0.4, 0.5) is 0 Å². The van der Waals surface area contributed by atoms with Crippen molar-refractivity contribution in [3.8, 4) is 0 Å². The smallest absolute Gasteiger partial charge is 0.253 e. The van der Waals surface area contributed by atoms with Crippen molar-refractivity contribution in [3.63, 3.8) is 0 Å². The van der Waals surface area contributed by atoms with Gasteiger partial charge in [0, 0.05) is 36.6 Å². The molecule has 114 valence electrons. The van der Waals surface area contributed by atoms with E-state index in [4.69, 9.17) is 0 Å². The number of nitrogens with zero attached hydrogens (tertiary/aromatic N) is 1. The van der Waals surface area contributed by atoms with Crippen LogP contribution in [0.25, 0.3) is 10.9 Å². The Morgan fingerprint density at radius 2 is 2.05 bits per heavy atom. The largest absolute Gasteiger partial charge is 0.352 e. The van der Waals surface area contributed by atoms with E-state index in [9.17, 15) is 4.79 Å². The SMILES string of the molecule is Cc1ccc2cccc(C(=O)NCC3CNC3)c2n1.Cl.Cl. The summed E-state index contributed by atoms with van der Waals surface area (Å²) in [5, 5.41) is 7.20. The van der Waals surface area contributed by atoms with Crippen LogP contribution in [0.2, 0.25) is 0 Å². The second-order valence-corrected chi connectivity index (χ2v) is 5.06. The number of carbonyl (C=O) groups is 1. The molecule has 0 atom stereocenters. The molecule has 2 N–H and O–H groups in total. The molecule has 1 amide bonds. The van der Waals surface area contributed by atoms with Gasteiger partial charge in [0.1, 0.15) is 0 Å². The lowest BCUT2D eigenvalue weighted by atomic mass is 10.0. The number of halogens is 2. The van der Waals surface area contributed by atoms with E-state index in [2.05, 4.69) is 15.6 Å². The fraction of sp³-hybridized carbons (Fsp3) is 0.333. The van der Waals surface area contributed by atoms with Gasteiger partial charge in [-0.05, 0) is 19.1 Å². The molecule has 2 heterocycles. The van der Waals surface area contributed by atoms with Crippen LogP contribution in [-0.2, 0) is 0 Å². The van der Waals surface area contributed by atoms with E-state index in [1.807, 2.05) is 37.3 Å². The van der Waals surface area contributed by atoms with Crippen LogP contribution in [0.3, 0.4) is 0 Å². The molecule has 0 unspecified atom stereocenters. The topological polar surface area (TPSA) is 54.0 Å². The lowest BCUT2D eigenvalue weighted by Crippen LogP contribution is -2.48. The van der Waals surface area contributed by atoms with E-state index < -0.39 is 0 Å². The third kappa shape index (κ3) is 3.84. The van der Waals surface area contributed by atoms with Crippen molar-refractivity contribution < 1.29 is 4.79 Å². The van der Waals surface area contributed by atoms with Gasteiger partial charge >= 0.3 is 0 Å². The third-order valence-electron chi connectivity index (χ3n) is 3.52. The van der Waals surface area contributed by atoms with E-state index in [0.29, 0.717) is 11.5 Å². The van der Waals surface area contributed by atoms with Gasteiger partial charge in [0.2, 0.25) is 0 Å². The van der Waals surface area contributed by atoms with Crippen molar-refractivity contribution in [2.24, 2.45) is 5.92 Å². The average molecular weight is 328 g/mol. The Morgan fingerprint density at radius 1 is 1.29 bits per heavy atom. The lowest BCUT2D eigenvalue weighted by Gasteiger charge is -2.27. The minimum atomic E-state index is -0.0319. The molecule has 1 fully saturated rings. The molecule has 4 nitrogen and oxygen atoms in total. The Labute approximate surface area is 136 Å². The zero-order chi connectivity index (χ0) is 13.2. The molecule has 1 aromatic heterocycles. The molecule has 1 aliphatic heterocycles. The van der Waals surface area contributed by atoms with Crippen molar-refractivity contribution in [3.05, 3.63) is 41.6 Å². The molecule has 1 aliphatic rings. The quantitative estimate of drug-likeness (QED) is 0.909. The first-order valence-electron chi connectivity index (χ1n) is 6.59. The molecule has 0 aliphatic carbocycles. The summed E-state index contributed by atoms with van der Waals surface area (Å²) in [4.78, 5) is 16.7. The molecule has 1 saturated heterocycles. The summed E-state index contributed by atoms with van der Waals surface area (Å²) in [5.41, 5.74) is 2.37. The Balaban J connectivity index is 0.00000110. The second-order valence-electron chi connectivity index (χ2n) is 5.06. The van der Waals surface area contributed by atoms with Crippen LogP contribution in [0, 0.1) is 12.8 Å². The van der Waals surface area contributed by atoms with Gasteiger partial charge in [0.05, 0.1) is 11.1 Å². The van der Waals surface area contributed by atoms with Crippen molar-refractivity contribution in [2.75, 3.05) is 19.6 Å². The zero-order valence-electron chi connectivity index (χ0n) is 11.8. The van der Waals surface area contributed by atoms with Crippen LogP contribution in [0.1, 0.15) is 16.1 Å². The Bertz CT molecular complexity index is 629. The fourth-order valence-corrected chi connectivity index (χ4v) is 2.25. The summed E-state index contributed by atoms with van der Waals surface area (Å²) in [7, 11) is 0. The highest BCUT2D eigenvalue weighted by Crippen LogP contribution is 2.17. The summed E-state index contributed by atoms with van der Waals surface area (Å²) in [6.45, 7) is 4.66. The van der Waals surface area contributed by atoms with Crippen molar-refractivity contribution in [1.29, 1.82) is 0 Å². The molecular formula is C15H19Cl2N3O. The van der Waals surface area contributed by atoms with Gasteiger partial charge in [-0.3, -0.25) is 9.78 Å². The number of rotatable bonds is 3. The van der Waals surface area contributed by atoms with Crippen LogP contribution in [0.15, 0.2) is 30.3 Å². The zero-order valence-corrected chi connectivity index (χ0v) is 13.4. The highest BCUT2D eigenvalue weighted by atomic mass is 35.5. The molecule has 3 rings (SSSR count). The van der Waals surface area contributed by atoms with E-state index in [0.717, 1.165) is 36.2 Å². The molecule has 0 spiro atoms. The average Bonchev–Trinajstić information content (AvgIpc) is 2.36. The molecule has 0 bridgehead atoms. The maximum atomic E-state index is 12.2. The Morgan fingerprint density at radius 3 is 2.71 bits per heavy atom. The summed E-state index contributed by atoms with van der Waals surface area (Å²) in [6.07, 6.45) is 0. The van der Waals surface area contributed by atoms with Gasteiger partial charge in [0.25, 0.3) is 5.91 Å². The van der Waals surface area contributed by atoms with E-state index >= 15 is 0 Å². The standard InChI is InChI=1S/C15H17N3O.2ClH/c1-10-5-6-12-3-2-4-13(14(12)18-10)15(19)17-9-11-7-16-8-11;;/h2-6,11,16H,7-9H2,1H3,(H,17,19);2*1H. The van der Waals surface area contributed by atoms with Gasteiger partial charge in [-0.25, -0.2) is 0 Å². The number of amides is 1. The highest BCUT2D eigenvalue weighted by molar-refractivity contribution is 6.05. The maximum absolute atomic E-state index is 12.2. The first kappa shape index (κ1) is 17.7. The molecule has 1 aromatic carbocycles. The summed E-state index contributed by atoms with van der Waals surface area (Å²) >= 11 is 0. The number of pyridine rings is 1. The molecule has 0 saturated carbocycles. The van der Waals surface area contributed by atoms with Crippen LogP contribution in [0.5, 0.6) is 0 Å². The first-order chi connectivity index (χ1) is 9.24. The second kappa shape index (κ2) is 7.59. The number of fused-ring (bicyclic) bond motifs is 1. The van der Waals surface area contributed by atoms with Gasteiger partial charge < -0.3 is 10.6 Å². The Hall–Kier alpha value is -1.36. The van der Waals surface area contributed by atoms with E-state index in [-0.39, 0.29) is 30.7 Å². The van der Waals surface area contributed by atoms with Crippen LogP contribution >= 0.6 is 24.8 Å². The normalized spacial score (nSPS) is 13.8. The lowest BCUT2D eigenvalue weighted by molar-refractivity contribution is 0.0943. The number of para-hydroxylation sites is 1. The number of nitrogens with one attached hydrogen (secondary N) is 2. The molecule has 2 aromatic rings.